The van der Waals surface area contributed by atoms with Crippen molar-refractivity contribution in [1.82, 2.24) is 0 Å². The number of hydrogen-bond donors (Lipinski definition) is 1. The Bertz CT molecular complexity index is 234. The molecular formula is C10H18O5. The van der Waals surface area contributed by atoms with E-state index in [4.69, 9.17) is 4.74 Å². The zero-order valence-electron chi connectivity index (χ0n) is 9.57. The number of aliphatic hydroxyl groups is 1. The molecule has 0 unspecified atom stereocenters. The van der Waals surface area contributed by atoms with E-state index in [-0.39, 0.29) is 13.2 Å². The molecular weight excluding hydrogens is 200 g/mol. The Kier molecular flexibility index (Phi) is 5.28. The Morgan fingerprint density at radius 3 is 2.07 bits per heavy atom. The van der Waals surface area contributed by atoms with Gasteiger partial charge in [-0.05, 0) is 27.7 Å². The number of carbonyl (C=O) groups is 2. The zero-order chi connectivity index (χ0) is 12.1. The van der Waals surface area contributed by atoms with E-state index < -0.39 is 23.5 Å². The first-order chi connectivity index (χ1) is 6.87. The summed E-state index contributed by atoms with van der Waals surface area (Å²) in [7, 11) is 0. The summed E-state index contributed by atoms with van der Waals surface area (Å²) in [5, 5.41) is 9.60. The molecule has 0 amide bonds. The summed E-state index contributed by atoms with van der Waals surface area (Å²) in [4.78, 5) is 22.6. The van der Waals surface area contributed by atoms with Gasteiger partial charge in [0.1, 0.15) is 0 Å². The van der Waals surface area contributed by atoms with Crippen LogP contribution in [0.1, 0.15) is 27.7 Å². The second-order valence-electron chi connectivity index (χ2n) is 3.60. The molecule has 0 aromatic heterocycles. The lowest BCUT2D eigenvalue weighted by molar-refractivity contribution is -0.173. The monoisotopic (exact) mass is 218 g/mol. The van der Waals surface area contributed by atoms with Crippen molar-refractivity contribution in [3.8, 4) is 0 Å². The van der Waals surface area contributed by atoms with Crippen LogP contribution in [0.15, 0.2) is 0 Å². The molecule has 88 valence electrons. The predicted molar refractivity (Wildman–Crippen MR) is 53.1 cm³/mol. The van der Waals surface area contributed by atoms with Crippen molar-refractivity contribution in [2.45, 2.75) is 33.8 Å². The van der Waals surface area contributed by atoms with Crippen LogP contribution in [0.25, 0.3) is 0 Å². The van der Waals surface area contributed by atoms with E-state index in [1.807, 2.05) is 0 Å². The highest BCUT2D eigenvalue weighted by Crippen LogP contribution is 2.23. The van der Waals surface area contributed by atoms with E-state index in [9.17, 15) is 14.7 Å². The zero-order valence-corrected chi connectivity index (χ0v) is 9.57. The molecule has 0 spiro atoms. The Morgan fingerprint density at radius 2 is 1.67 bits per heavy atom. The van der Waals surface area contributed by atoms with E-state index in [2.05, 4.69) is 4.74 Å². The highest BCUT2D eigenvalue weighted by molar-refractivity contribution is 5.86. The van der Waals surface area contributed by atoms with Crippen LogP contribution < -0.4 is 0 Å². The normalized spacial score (nSPS) is 13.1. The van der Waals surface area contributed by atoms with Gasteiger partial charge in [-0.15, -0.1) is 0 Å². The average Bonchev–Trinajstić information content (AvgIpc) is 2.17. The van der Waals surface area contributed by atoms with E-state index in [0.29, 0.717) is 0 Å². The van der Waals surface area contributed by atoms with Crippen molar-refractivity contribution >= 4 is 11.9 Å². The quantitative estimate of drug-likeness (QED) is 0.680. The SMILES string of the molecule is CCOC(=O)[C@@H](O)C(C)(C)C(=O)OCC. The van der Waals surface area contributed by atoms with Gasteiger partial charge in [0.25, 0.3) is 0 Å². The summed E-state index contributed by atoms with van der Waals surface area (Å²) in [5.41, 5.74) is -1.29. The maximum Gasteiger partial charge on any atom is 0.336 e. The molecule has 0 aliphatic rings. The lowest BCUT2D eigenvalue weighted by Crippen LogP contribution is -2.44. The van der Waals surface area contributed by atoms with Crippen molar-refractivity contribution in [1.29, 1.82) is 0 Å². The third kappa shape index (κ3) is 3.51. The maximum atomic E-state index is 11.4. The van der Waals surface area contributed by atoms with E-state index >= 15 is 0 Å². The smallest absolute Gasteiger partial charge is 0.336 e. The van der Waals surface area contributed by atoms with Crippen molar-refractivity contribution < 1.29 is 24.2 Å². The van der Waals surface area contributed by atoms with Gasteiger partial charge in [0.15, 0.2) is 6.10 Å². The molecule has 0 bridgehead atoms. The van der Waals surface area contributed by atoms with Crippen LogP contribution in [0.2, 0.25) is 0 Å². The summed E-state index contributed by atoms with van der Waals surface area (Å²) >= 11 is 0. The molecule has 5 heteroatoms. The molecule has 0 aliphatic heterocycles. The minimum atomic E-state index is -1.50. The molecule has 0 radical (unpaired) electrons. The fourth-order valence-corrected chi connectivity index (χ4v) is 0.945. The maximum absolute atomic E-state index is 11.4. The van der Waals surface area contributed by atoms with Crippen LogP contribution >= 0.6 is 0 Å². The molecule has 1 N–H and O–H groups in total. The molecule has 0 fully saturated rings. The van der Waals surface area contributed by atoms with E-state index in [0.717, 1.165) is 0 Å². The van der Waals surface area contributed by atoms with Gasteiger partial charge in [-0.2, -0.15) is 0 Å². The minimum absolute atomic E-state index is 0.162. The molecule has 0 aliphatic carbocycles. The molecule has 0 saturated carbocycles. The Hall–Kier alpha value is -1.10. The van der Waals surface area contributed by atoms with Gasteiger partial charge in [-0.25, -0.2) is 4.79 Å². The summed E-state index contributed by atoms with van der Waals surface area (Å²) in [6.07, 6.45) is -1.50. The first-order valence-electron chi connectivity index (χ1n) is 4.89. The minimum Gasteiger partial charge on any atom is -0.465 e. The number of ether oxygens (including phenoxy) is 2. The molecule has 0 aromatic rings. The number of carbonyl (C=O) groups excluding carboxylic acids is 2. The molecule has 0 heterocycles. The van der Waals surface area contributed by atoms with Gasteiger partial charge in [-0.3, -0.25) is 4.79 Å². The molecule has 0 saturated heterocycles. The highest BCUT2D eigenvalue weighted by atomic mass is 16.6. The number of esters is 2. The summed E-state index contributed by atoms with van der Waals surface area (Å²) in [6.45, 7) is 6.53. The summed E-state index contributed by atoms with van der Waals surface area (Å²) in [6, 6.07) is 0. The molecule has 15 heavy (non-hydrogen) atoms. The van der Waals surface area contributed by atoms with Gasteiger partial charge < -0.3 is 14.6 Å². The largest absolute Gasteiger partial charge is 0.465 e. The van der Waals surface area contributed by atoms with Gasteiger partial charge >= 0.3 is 11.9 Å². The van der Waals surface area contributed by atoms with Crippen LogP contribution in [0.3, 0.4) is 0 Å². The number of rotatable bonds is 5. The second-order valence-corrected chi connectivity index (χ2v) is 3.60. The van der Waals surface area contributed by atoms with Crippen LogP contribution in [0, 0.1) is 5.41 Å². The second kappa shape index (κ2) is 5.70. The lowest BCUT2D eigenvalue weighted by Gasteiger charge is -2.26. The fourth-order valence-electron chi connectivity index (χ4n) is 0.945. The molecule has 0 rings (SSSR count). The Labute approximate surface area is 89.4 Å². The summed E-state index contributed by atoms with van der Waals surface area (Å²) in [5.74, 6) is -1.43. The fraction of sp³-hybridized carbons (Fsp3) is 0.800. The number of aliphatic hydroxyl groups excluding tert-OH is 1. The van der Waals surface area contributed by atoms with Gasteiger partial charge in [0.05, 0.1) is 18.6 Å². The van der Waals surface area contributed by atoms with E-state index in [1.54, 1.807) is 13.8 Å². The third-order valence-corrected chi connectivity index (χ3v) is 1.99. The third-order valence-electron chi connectivity index (χ3n) is 1.99. The predicted octanol–water partition coefficient (Wildman–Crippen LogP) is 0.500. The summed E-state index contributed by atoms with van der Waals surface area (Å²) < 4.78 is 9.37. The lowest BCUT2D eigenvalue weighted by atomic mass is 9.86. The molecule has 1 atom stereocenters. The highest BCUT2D eigenvalue weighted by Gasteiger charge is 2.42. The van der Waals surface area contributed by atoms with Crippen molar-refractivity contribution in [2.75, 3.05) is 13.2 Å². The number of hydrogen-bond acceptors (Lipinski definition) is 5. The van der Waals surface area contributed by atoms with Crippen LogP contribution in [0.5, 0.6) is 0 Å². The van der Waals surface area contributed by atoms with Gasteiger partial charge in [-0.1, -0.05) is 0 Å². The average molecular weight is 218 g/mol. The Balaban J connectivity index is 4.56. The molecule has 5 nitrogen and oxygen atoms in total. The van der Waals surface area contributed by atoms with Crippen molar-refractivity contribution in [3.05, 3.63) is 0 Å². The van der Waals surface area contributed by atoms with Gasteiger partial charge in [0, 0.05) is 0 Å². The van der Waals surface area contributed by atoms with Crippen LogP contribution in [-0.4, -0.2) is 36.4 Å². The van der Waals surface area contributed by atoms with Crippen molar-refractivity contribution in [2.24, 2.45) is 5.41 Å². The van der Waals surface area contributed by atoms with Crippen LogP contribution in [0.4, 0.5) is 0 Å². The topological polar surface area (TPSA) is 72.8 Å². The van der Waals surface area contributed by atoms with Crippen LogP contribution in [-0.2, 0) is 19.1 Å². The first kappa shape index (κ1) is 13.9. The van der Waals surface area contributed by atoms with E-state index in [1.165, 1.54) is 13.8 Å². The molecule has 0 aromatic carbocycles. The standard InChI is InChI=1S/C10H18O5/c1-5-14-8(12)7(11)10(3,4)9(13)15-6-2/h7,11H,5-6H2,1-4H3/t7-/m1/s1. The Morgan fingerprint density at radius 1 is 1.20 bits per heavy atom. The first-order valence-corrected chi connectivity index (χ1v) is 4.89. The van der Waals surface area contributed by atoms with Gasteiger partial charge in [0.2, 0.25) is 0 Å². The van der Waals surface area contributed by atoms with Crippen molar-refractivity contribution in [3.63, 3.8) is 0 Å².